The number of rotatable bonds is 2. The molecule has 2 aromatic heterocycles. The van der Waals surface area contributed by atoms with Gasteiger partial charge >= 0.3 is 5.97 Å². The third kappa shape index (κ3) is 1.65. The summed E-state index contributed by atoms with van der Waals surface area (Å²) in [4.78, 5) is 22.7. The van der Waals surface area contributed by atoms with Gasteiger partial charge in [0.15, 0.2) is 11.5 Å². The van der Waals surface area contributed by atoms with Crippen molar-refractivity contribution in [2.45, 2.75) is 13.8 Å². The SMILES string of the molecule is Cc1ncn(-c2cncc(C(=O)O)n2)c1C. The molecule has 0 saturated heterocycles. The van der Waals surface area contributed by atoms with Crippen LogP contribution in [-0.4, -0.2) is 30.6 Å². The third-order valence-corrected chi connectivity index (χ3v) is 2.34. The number of hydrogen-bond acceptors (Lipinski definition) is 4. The molecule has 0 aromatic carbocycles. The summed E-state index contributed by atoms with van der Waals surface area (Å²) >= 11 is 0. The molecule has 0 saturated carbocycles. The lowest BCUT2D eigenvalue weighted by atomic mass is 10.4. The Morgan fingerprint density at radius 1 is 1.38 bits per heavy atom. The van der Waals surface area contributed by atoms with Crippen LogP contribution in [-0.2, 0) is 0 Å². The van der Waals surface area contributed by atoms with E-state index >= 15 is 0 Å². The van der Waals surface area contributed by atoms with Crippen LogP contribution < -0.4 is 0 Å². The van der Waals surface area contributed by atoms with Gasteiger partial charge < -0.3 is 5.11 Å². The van der Waals surface area contributed by atoms with Gasteiger partial charge in [0, 0.05) is 5.69 Å². The van der Waals surface area contributed by atoms with E-state index in [1.165, 1.54) is 12.4 Å². The Balaban J connectivity index is 2.52. The maximum Gasteiger partial charge on any atom is 0.356 e. The first-order chi connectivity index (χ1) is 7.59. The van der Waals surface area contributed by atoms with E-state index in [4.69, 9.17) is 5.11 Å². The highest BCUT2D eigenvalue weighted by Gasteiger charge is 2.09. The number of aromatic carboxylic acids is 1. The molecule has 1 N–H and O–H groups in total. The van der Waals surface area contributed by atoms with Gasteiger partial charge in [-0.25, -0.2) is 14.8 Å². The highest BCUT2D eigenvalue weighted by Crippen LogP contribution is 2.10. The summed E-state index contributed by atoms with van der Waals surface area (Å²) in [5.74, 6) is -0.637. The average molecular weight is 218 g/mol. The van der Waals surface area contributed by atoms with Crippen molar-refractivity contribution in [3.05, 3.63) is 35.8 Å². The Hall–Kier alpha value is -2.24. The van der Waals surface area contributed by atoms with Gasteiger partial charge in [-0.15, -0.1) is 0 Å². The zero-order valence-corrected chi connectivity index (χ0v) is 8.88. The summed E-state index contributed by atoms with van der Waals surface area (Å²) < 4.78 is 1.70. The van der Waals surface area contributed by atoms with Crippen molar-refractivity contribution in [3.8, 4) is 5.82 Å². The van der Waals surface area contributed by atoms with Crippen LogP contribution >= 0.6 is 0 Å². The van der Waals surface area contributed by atoms with Crippen molar-refractivity contribution in [1.29, 1.82) is 0 Å². The Kier molecular flexibility index (Phi) is 2.40. The fourth-order valence-corrected chi connectivity index (χ4v) is 1.30. The van der Waals surface area contributed by atoms with E-state index in [0.29, 0.717) is 5.82 Å². The van der Waals surface area contributed by atoms with Crippen LogP contribution in [0.3, 0.4) is 0 Å². The number of hydrogen-bond donors (Lipinski definition) is 1. The van der Waals surface area contributed by atoms with Gasteiger partial charge in [0.1, 0.15) is 6.33 Å². The molecule has 0 radical (unpaired) electrons. The van der Waals surface area contributed by atoms with Gasteiger partial charge in [-0.05, 0) is 13.8 Å². The van der Waals surface area contributed by atoms with Gasteiger partial charge in [0.25, 0.3) is 0 Å². The molecule has 0 unspecified atom stereocenters. The van der Waals surface area contributed by atoms with Crippen molar-refractivity contribution < 1.29 is 9.90 Å². The van der Waals surface area contributed by atoms with Gasteiger partial charge in [-0.2, -0.15) is 0 Å². The second kappa shape index (κ2) is 3.73. The van der Waals surface area contributed by atoms with Gasteiger partial charge in [0.05, 0.1) is 18.1 Å². The lowest BCUT2D eigenvalue weighted by molar-refractivity contribution is 0.0690. The zero-order chi connectivity index (χ0) is 11.7. The zero-order valence-electron chi connectivity index (χ0n) is 8.88. The summed E-state index contributed by atoms with van der Waals surface area (Å²) in [5, 5.41) is 8.80. The van der Waals surface area contributed by atoms with Crippen molar-refractivity contribution in [2.75, 3.05) is 0 Å². The molecule has 0 atom stereocenters. The number of aryl methyl sites for hydroxylation is 1. The molecule has 0 bridgehead atoms. The number of aromatic nitrogens is 4. The fourth-order valence-electron chi connectivity index (χ4n) is 1.30. The average Bonchev–Trinajstić information content (AvgIpc) is 2.60. The van der Waals surface area contributed by atoms with E-state index in [-0.39, 0.29) is 5.69 Å². The predicted octanol–water partition coefficient (Wildman–Crippen LogP) is 0.977. The molecule has 0 fully saturated rings. The number of imidazole rings is 1. The molecule has 2 aromatic rings. The van der Waals surface area contributed by atoms with E-state index in [0.717, 1.165) is 11.4 Å². The molecule has 0 amide bonds. The van der Waals surface area contributed by atoms with E-state index < -0.39 is 5.97 Å². The fraction of sp³-hybridized carbons (Fsp3) is 0.200. The first kappa shape index (κ1) is 10.3. The van der Waals surface area contributed by atoms with Crippen LogP contribution in [0.4, 0.5) is 0 Å². The van der Waals surface area contributed by atoms with Crippen LogP contribution in [0.25, 0.3) is 5.82 Å². The molecule has 0 aliphatic heterocycles. The Labute approximate surface area is 91.6 Å². The first-order valence-corrected chi connectivity index (χ1v) is 4.66. The topological polar surface area (TPSA) is 80.9 Å². The molecule has 0 aliphatic carbocycles. The first-order valence-electron chi connectivity index (χ1n) is 4.66. The summed E-state index contributed by atoms with van der Waals surface area (Å²) in [6, 6.07) is 0. The second-order valence-electron chi connectivity index (χ2n) is 3.35. The van der Waals surface area contributed by atoms with Crippen LogP contribution in [0.2, 0.25) is 0 Å². The monoisotopic (exact) mass is 218 g/mol. The van der Waals surface area contributed by atoms with Crippen molar-refractivity contribution in [3.63, 3.8) is 0 Å². The summed E-state index contributed by atoms with van der Waals surface area (Å²) in [6.45, 7) is 3.76. The second-order valence-corrected chi connectivity index (χ2v) is 3.35. The number of nitrogens with zero attached hydrogens (tertiary/aromatic N) is 4. The van der Waals surface area contributed by atoms with Crippen LogP contribution in [0.5, 0.6) is 0 Å². The normalized spacial score (nSPS) is 10.4. The molecular formula is C10H10N4O2. The Bertz CT molecular complexity index is 548. The molecule has 6 nitrogen and oxygen atoms in total. The molecule has 82 valence electrons. The number of carboxylic acid groups (broad SMARTS) is 1. The van der Waals surface area contributed by atoms with Crippen molar-refractivity contribution in [2.24, 2.45) is 0 Å². The van der Waals surface area contributed by atoms with Crippen LogP contribution in [0.1, 0.15) is 21.9 Å². The number of carboxylic acids is 1. The smallest absolute Gasteiger partial charge is 0.356 e. The Morgan fingerprint density at radius 3 is 2.69 bits per heavy atom. The van der Waals surface area contributed by atoms with Crippen molar-refractivity contribution in [1.82, 2.24) is 19.5 Å². The lowest BCUT2D eigenvalue weighted by Crippen LogP contribution is -2.06. The molecule has 2 rings (SSSR count). The van der Waals surface area contributed by atoms with Crippen molar-refractivity contribution >= 4 is 5.97 Å². The molecular weight excluding hydrogens is 208 g/mol. The highest BCUT2D eigenvalue weighted by atomic mass is 16.4. The van der Waals surface area contributed by atoms with E-state index in [9.17, 15) is 4.79 Å². The largest absolute Gasteiger partial charge is 0.476 e. The minimum Gasteiger partial charge on any atom is -0.476 e. The van der Waals surface area contributed by atoms with Gasteiger partial charge in [-0.3, -0.25) is 9.55 Å². The minimum absolute atomic E-state index is 0.0803. The molecule has 0 spiro atoms. The summed E-state index contributed by atoms with van der Waals surface area (Å²) in [5.41, 5.74) is 1.71. The van der Waals surface area contributed by atoms with E-state index in [1.807, 2.05) is 13.8 Å². The third-order valence-electron chi connectivity index (χ3n) is 2.34. The maximum absolute atomic E-state index is 10.7. The molecule has 0 aliphatic rings. The molecule has 2 heterocycles. The molecule has 6 heteroatoms. The van der Waals surface area contributed by atoms with Gasteiger partial charge in [0.2, 0.25) is 0 Å². The highest BCUT2D eigenvalue weighted by molar-refractivity contribution is 5.85. The van der Waals surface area contributed by atoms with Crippen LogP contribution in [0, 0.1) is 13.8 Å². The lowest BCUT2D eigenvalue weighted by Gasteiger charge is -2.04. The van der Waals surface area contributed by atoms with Crippen LogP contribution in [0.15, 0.2) is 18.7 Å². The van der Waals surface area contributed by atoms with Gasteiger partial charge in [-0.1, -0.05) is 0 Å². The van der Waals surface area contributed by atoms with E-state index in [2.05, 4.69) is 15.0 Å². The Morgan fingerprint density at radius 2 is 2.12 bits per heavy atom. The standard InChI is InChI=1S/C10H10N4O2/c1-6-7(2)14(5-12-6)9-4-11-3-8(13-9)10(15)16/h3-5H,1-2H3,(H,15,16). The molecule has 16 heavy (non-hydrogen) atoms. The predicted molar refractivity (Wildman–Crippen MR) is 55.6 cm³/mol. The number of carbonyl (C=O) groups is 1. The maximum atomic E-state index is 10.7. The summed E-state index contributed by atoms with van der Waals surface area (Å²) in [6.07, 6.45) is 4.31. The summed E-state index contributed by atoms with van der Waals surface area (Å²) in [7, 11) is 0. The quantitative estimate of drug-likeness (QED) is 0.812. The minimum atomic E-state index is -1.09. The van der Waals surface area contributed by atoms with E-state index in [1.54, 1.807) is 10.9 Å².